The molecule has 1 aliphatic rings. The van der Waals surface area contributed by atoms with Crippen molar-refractivity contribution in [3.8, 4) is 0 Å². The summed E-state index contributed by atoms with van der Waals surface area (Å²) in [7, 11) is 0. The van der Waals surface area contributed by atoms with Crippen LogP contribution in [0.3, 0.4) is 0 Å². The standard InChI is InChI=1S/C18H16/c1-4-10-16(11-5-1)18(14-8-3-9-15-18)17-12-6-2-7-13-17/h1-2,4-15H,3H2. The van der Waals surface area contributed by atoms with Gasteiger partial charge in [-0.2, -0.15) is 0 Å². The molecule has 0 unspecified atom stereocenters. The largest absolute Gasteiger partial charge is 0.0832 e. The lowest BCUT2D eigenvalue weighted by molar-refractivity contribution is 0.797. The first-order valence-electron chi connectivity index (χ1n) is 6.38. The summed E-state index contributed by atoms with van der Waals surface area (Å²) in [4.78, 5) is 0. The zero-order chi connectivity index (χ0) is 12.3. The van der Waals surface area contributed by atoms with Gasteiger partial charge in [0.05, 0.1) is 5.41 Å². The quantitative estimate of drug-likeness (QED) is 0.669. The average molecular weight is 232 g/mol. The molecule has 0 bridgehead atoms. The fraction of sp³-hybridized carbons (Fsp3) is 0.111. The summed E-state index contributed by atoms with van der Waals surface area (Å²) >= 11 is 0. The summed E-state index contributed by atoms with van der Waals surface area (Å²) < 4.78 is 0. The third kappa shape index (κ3) is 1.80. The highest BCUT2D eigenvalue weighted by Crippen LogP contribution is 2.37. The topological polar surface area (TPSA) is 0 Å². The van der Waals surface area contributed by atoms with Gasteiger partial charge in [0.25, 0.3) is 0 Å². The van der Waals surface area contributed by atoms with E-state index in [2.05, 4.69) is 85.0 Å². The Bertz CT molecular complexity index is 508. The normalized spacial score (nSPS) is 16.7. The number of rotatable bonds is 2. The first-order chi connectivity index (χ1) is 8.92. The molecule has 0 nitrogen and oxygen atoms in total. The van der Waals surface area contributed by atoms with Crippen LogP contribution in [-0.2, 0) is 5.41 Å². The molecule has 1 aliphatic carbocycles. The third-order valence-corrected chi connectivity index (χ3v) is 3.54. The van der Waals surface area contributed by atoms with E-state index in [-0.39, 0.29) is 5.41 Å². The number of hydrogen-bond acceptors (Lipinski definition) is 0. The van der Waals surface area contributed by atoms with Gasteiger partial charge in [-0.25, -0.2) is 0 Å². The second-order valence-corrected chi connectivity index (χ2v) is 4.64. The molecule has 0 spiro atoms. The molecule has 0 saturated heterocycles. The van der Waals surface area contributed by atoms with Crippen molar-refractivity contribution >= 4 is 0 Å². The van der Waals surface area contributed by atoms with Crippen LogP contribution in [0.4, 0.5) is 0 Å². The van der Waals surface area contributed by atoms with Gasteiger partial charge >= 0.3 is 0 Å². The van der Waals surface area contributed by atoms with E-state index in [1.165, 1.54) is 11.1 Å². The summed E-state index contributed by atoms with van der Waals surface area (Å²) in [5, 5.41) is 0. The highest BCUT2D eigenvalue weighted by atomic mass is 14.3. The molecule has 0 N–H and O–H groups in total. The van der Waals surface area contributed by atoms with Crippen LogP contribution >= 0.6 is 0 Å². The van der Waals surface area contributed by atoms with Crippen molar-refractivity contribution in [3.63, 3.8) is 0 Å². The van der Waals surface area contributed by atoms with Gasteiger partial charge in [0.1, 0.15) is 0 Å². The molecule has 0 amide bonds. The zero-order valence-corrected chi connectivity index (χ0v) is 10.3. The van der Waals surface area contributed by atoms with E-state index in [0.29, 0.717) is 0 Å². The van der Waals surface area contributed by atoms with E-state index >= 15 is 0 Å². The van der Waals surface area contributed by atoms with Crippen molar-refractivity contribution in [2.75, 3.05) is 0 Å². The van der Waals surface area contributed by atoms with Crippen molar-refractivity contribution in [1.82, 2.24) is 0 Å². The van der Waals surface area contributed by atoms with Crippen LogP contribution in [0.15, 0.2) is 85.0 Å². The number of hydrogen-bond donors (Lipinski definition) is 0. The predicted molar refractivity (Wildman–Crippen MR) is 76.6 cm³/mol. The summed E-state index contributed by atoms with van der Waals surface area (Å²) in [6.45, 7) is 0. The van der Waals surface area contributed by atoms with Crippen molar-refractivity contribution in [2.24, 2.45) is 0 Å². The van der Waals surface area contributed by atoms with Crippen LogP contribution < -0.4 is 0 Å². The van der Waals surface area contributed by atoms with Crippen LogP contribution in [0.1, 0.15) is 17.5 Å². The molecular formula is C18H16. The Morgan fingerprint density at radius 2 is 1.06 bits per heavy atom. The molecule has 0 radical (unpaired) electrons. The van der Waals surface area contributed by atoms with Gasteiger partial charge in [-0.05, 0) is 17.5 Å². The fourth-order valence-corrected chi connectivity index (χ4v) is 2.62. The van der Waals surface area contributed by atoms with Gasteiger partial charge in [-0.3, -0.25) is 0 Å². The highest BCUT2D eigenvalue weighted by molar-refractivity contribution is 5.50. The predicted octanol–water partition coefficient (Wildman–Crippen LogP) is 4.49. The molecule has 0 atom stereocenters. The summed E-state index contributed by atoms with van der Waals surface area (Å²) in [5.41, 5.74) is 2.55. The SMILES string of the molecule is C1=CC(c2ccccc2)(c2ccccc2)C=CC1. The molecule has 0 saturated carbocycles. The Kier molecular flexibility index (Phi) is 2.85. The van der Waals surface area contributed by atoms with Crippen molar-refractivity contribution in [1.29, 1.82) is 0 Å². The average Bonchev–Trinajstić information content (AvgIpc) is 2.50. The molecular weight excluding hydrogens is 216 g/mol. The van der Waals surface area contributed by atoms with Gasteiger partial charge in [-0.15, -0.1) is 0 Å². The maximum Gasteiger partial charge on any atom is 0.0562 e. The van der Waals surface area contributed by atoms with Gasteiger partial charge < -0.3 is 0 Å². The maximum atomic E-state index is 2.32. The van der Waals surface area contributed by atoms with Crippen molar-refractivity contribution in [2.45, 2.75) is 11.8 Å². The molecule has 88 valence electrons. The smallest absolute Gasteiger partial charge is 0.0562 e. The molecule has 0 aliphatic heterocycles. The maximum absolute atomic E-state index is 2.32. The van der Waals surface area contributed by atoms with E-state index in [0.717, 1.165) is 6.42 Å². The highest BCUT2D eigenvalue weighted by Gasteiger charge is 2.29. The Balaban J connectivity index is 2.20. The molecule has 0 fully saturated rings. The molecule has 3 rings (SSSR count). The van der Waals surface area contributed by atoms with Gasteiger partial charge in [-0.1, -0.05) is 85.0 Å². The lowest BCUT2D eigenvalue weighted by Gasteiger charge is -2.30. The Hall–Kier alpha value is -2.08. The van der Waals surface area contributed by atoms with Crippen LogP contribution in [0.2, 0.25) is 0 Å². The van der Waals surface area contributed by atoms with Crippen LogP contribution in [-0.4, -0.2) is 0 Å². The third-order valence-electron chi connectivity index (χ3n) is 3.54. The van der Waals surface area contributed by atoms with Crippen LogP contribution in [0, 0.1) is 0 Å². The first kappa shape index (κ1) is 11.0. The molecule has 0 aromatic heterocycles. The molecule has 2 aromatic rings. The minimum absolute atomic E-state index is 0.0965. The minimum Gasteiger partial charge on any atom is -0.0832 e. The van der Waals surface area contributed by atoms with Gasteiger partial charge in [0.2, 0.25) is 0 Å². The van der Waals surface area contributed by atoms with Crippen molar-refractivity contribution < 1.29 is 0 Å². The summed E-state index contributed by atoms with van der Waals surface area (Å²) in [6.07, 6.45) is 10.2. The second kappa shape index (κ2) is 4.66. The minimum atomic E-state index is -0.0965. The lowest BCUT2D eigenvalue weighted by Crippen LogP contribution is -2.23. The van der Waals surface area contributed by atoms with E-state index in [1.54, 1.807) is 0 Å². The van der Waals surface area contributed by atoms with E-state index in [1.807, 2.05) is 0 Å². The Labute approximate surface area is 108 Å². The van der Waals surface area contributed by atoms with E-state index in [9.17, 15) is 0 Å². The molecule has 0 heterocycles. The Morgan fingerprint density at radius 1 is 0.611 bits per heavy atom. The molecule has 0 heteroatoms. The Morgan fingerprint density at radius 3 is 1.50 bits per heavy atom. The summed E-state index contributed by atoms with van der Waals surface area (Å²) in [6, 6.07) is 21.4. The fourth-order valence-electron chi connectivity index (χ4n) is 2.62. The zero-order valence-electron chi connectivity index (χ0n) is 10.3. The summed E-state index contributed by atoms with van der Waals surface area (Å²) in [5.74, 6) is 0. The second-order valence-electron chi connectivity index (χ2n) is 4.64. The van der Waals surface area contributed by atoms with Crippen molar-refractivity contribution in [3.05, 3.63) is 96.1 Å². The lowest BCUT2D eigenvalue weighted by atomic mass is 9.72. The molecule has 18 heavy (non-hydrogen) atoms. The van der Waals surface area contributed by atoms with E-state index < -0.39 is 0 Å². The van der Waals surface area contributed by atoms with Gasteiger partial charge in [0.15, 0.2) is 0 Å². The number of benzene rings is 2. The first-order valence-corrected chi connectivity index (χ1v) is 6.38. The monoisotopic (exact) mass is 232 g/mol. The number of allylic oxidation sites excluding steroid dienone is 4. The van der Waals surface area contributed by atoms with Crippen LogP contribution in [0.5, 0.6) is 0 Å². The van der Waals surface area contributed by atoms with Gasteiger partial charge in [0, 0.05) is 0 Å². The van der Waals surface area contributed by atoms with Crippen LogP contribution in [0.25, 0.3) is 0 Å². The molecule has 2 aromatic carbocycles. The van der Waals surface area contributed by atoms with E-state index in [4.69, 9.17) is 0 Å².